The Morgan fingerprint density at radius 1 is 1.38 bits per heavy atom. The first-order valence-corrected chi connectivity index (χ1v) is 5.52. The Morgan fingerprint density at radius 2 is 2.06 bits per heavy atom. The van der Waals surface area contributed by atoms with E-state index in [0.29, 0.717) is 28.1 Å². The van der Waals surface area contributed by atoms with Gasteiger partial charge in [-0.15, -0.1) is 0 Å². The molecule has 4 nitrogen and oxygen atoms in total. The number of hydrogen-bond donors (Lipinski definition) is 0. The topological polar surface area (TPSA) is 44.8 Å². The lowest BCUT2D eigenvalue weighted by atomic mass is 10.2. The summed E-state index contributed by atoms with van der Waals surface area (Å²) in [7, 11) is 2.88. The van der Waals surface area contributed by atoms with Gasteiger partial charge in [0.1, 0.15) is 0 Å². The second kappa shape index (κ2) is 5.75. The zero-order chi connectivity index (χ0) is 12.1. The van der Waals surface area contributed by atoms with E-state index < -0.39 is 5.97 Å². The molecular formula is C11H13BrO4. The van der Waals surface area contributed by atoms with E-state index >= 15 is 0 Å². The maximum atomic E-state index is 11.4. The first kappa shape index (κ1) is 12.8. The largest absolute Gasteiger partial charge is 0.493 e. The Balaban J connectivity index is 3.25. The summed E-state index contributed by atoms with van der Waals surface area (Å²) in [5, 5.41) is 0. The van der Waals surface area contributed by atoms with Crippen molar-refractivity contribution in [1.29, 1.82) is 0 Å². The number of ether oxygens (including phenoxy) is 3. The number of carbonyl (C=O) groups is 1. The van der Waals surface area contributed by atoms with Crippen molar-refractivity contribution < 1.29 is 19.0 Å². The number of methoxy groups -OCH3 is 2. The van der Waals surface area contributed by atoms with Crippen molar-refractivity contribution in [2.45, 2.75) is 6.92 Å². The maximum Gasteiger partial charge on any atom is 0.339 e. The molecule has 16 heavy (non-hydrogen) atoms. The van der Waals surface area contributed by atoms with E-state index in [9.17, 15) is 4.79 Å². The Labute approximate surface area is 103 Å². The van der Waals surface area contributed by atoms with Gasteiger partial charge < -0.3 is 14.2 Å². The molecule has 0 aliphatic carbocycles. The Kier molecular flexibility index (Phi) is 4.61. The molecule has 5 heteroatoms. The number of esters is 1. The molecule has 0 heterocycles. The molecule has 0 aliphatic heterocycles. The molecule has 0 radical (unpaired) electrons. The minimum Gasteiger partial charge on any atom is -0.493 e. The van der Waals surface area contributed by atoms with Crippen molar-refractivity contribution in [1.82, 2.24) is 0 Å². The van der Waals surface area contributed by atoms with Crippen LogP contribution in [-0.2, 0) is 4.74 Å². The van der Waals surface area contributed by atoms with Gasteiger partial charge in [0.15, 0.2) is 11.5 Å². The standard InChI is InChI=1S/C11H13BrO4/c1-4-16-10-8(14-2)6-5-7(9(10)12)11(13)15-3/h5-6H,4H2,1-3H3. The third-order valence-electron chi connectivity index (χ3n) is 1.97. The average molecular weight is 289 g/mol. The molecule has 0 fully saturated rings. The summed E-state index contributed by atoms with van der Waals surface area (Å²) in [4.78, 5) is 11.4. The fourth-order valence-corrected chi connectivity index (χ4v) is 1.85. The molecule has 0 atom stereocenters. The van der Waals surface area contributed by atoms with E-state index in [2.05, 4.69) is 20.7 Å². The summed E-state index contributed by atoms with van der Waals surface area (Å²) in [6.07, 6.45) is 0. The third kappa shape index (κ3) is 2.47. The Hall–Kier alpha value is -1.23. The second-order valence-electron chi connectivity index (χ2n) is 2.88. The predicted molar refractivity (Wildman–Crippen MR) is 63.2 cm³/mol. The van der Waals surface area contributed by atoms with Crippen LogP contribution in [0.4, 0.5) is 0 Å². The van der Waals surface area contributed by atoms with Crippen LogP contribution in [0.2, 0.25) is 0 Å². The zero-order valence-electron chi connectivity index (χ0n) is 9.37. The fraction of sp³-hybridized carbons (Fsp3) is 0.364. The average Bonchev–Trinajstić information content (AvgIpc) is 2.31. The predicted octanol–water partition coefficient (Wildman–Crippen LogP) is 2.64. The van der Waals surface area contributed by atoms with Crippen molar-refractivity contribution in [2.75, 3.05) is 20.8 Å². The highest BCUT2D eigenvalue weighted by molar-refractivity contribution is 9.10. The molecule has 88 valence electrons. The SMILES string of the molecule is CCOc1c(OC)ccc(C(=O)OC)c1Br. The van der Waals surface area contributed by atoms with Gasteiger partial charge in [0, 0.05) is 0 Å². The number of benzene rings is 1. The molecule has 0 saturated heterocycles. The van der Waals surface area contributed by atoms with Gasteiger partial charge in [-0.05, 0) is 35.0 Å². The van der Waals surface area contributed by atoms with Crippen LogP contribution in [0.15, 0.2) is 16.6 Å². The first-order valence-electron chi connectivity index (χ1n) is 4.73. The van der Waals surface area contributed by atoms with E-state index in [4.69, 9.17) is 9.47 Å². The highest BCUT2D eigenvalue weighted by Crippen LogP contribution is 2.38. The van der Waals surface area contributed by atoms with Crippen LogP contribution in [0.3, 0.4) is 0 Å². The number of halogens is 1. The smallest absolute Gasteiger partial charge is 0.339 e. The first-order chi connectivity index (χ1) is 7.65. The van der Waals surface area contributed by atoms with Crippen molar-refractivity contribution >= 4 is 21.9 Å². The van der Waals surface area contributed by atoms with Gasteiger partial charge in [0.2, 0.25) is 0 Å². The minimum absolute atomic E-state index is 0.409. The summed E-state index contributed by atoms with van der Waals surface area (Å²) < 4.78 is 15.8. The summed E-state index contributed by atoms with van der Waals surface area (Å²) in [5.41, 5.74) is 0.409. The lowest BCUT2D eigenvalue weighted by molar-refractivity contribution is 0.0599. The van der Waals surface area contributed by atoms with Crippen molar-refractivity contribution in [3.8, 4) is 11.5 Å². The van der Waals surface area contributed by atoms with Crippen LogP contribution in [0.5, 0.6) is 11.5 Å². The highest BCUT2D eigenvalue weighted by Gasteiger charge is 2.18. The second-order valence-corrected chi connectivity index (χ2v) is 3.68. The monoisotopic (exact) mass is 288 g/mol. The third-order valence-corrected chi connectivity index (χ3v) is 2.76. The molecule has 0 aromatic heterocycles. The van der Waals surface area contributed by atoms with Crippen LogP contribution >= 0.6 is 15.9 Å². The van der Waals surface area contributed by atoms with Crippen LogP contribution in [-0.4, -0.2) is 26.8 Å². The van der Waals surface area contributed by atoms with Gasteiger partial charge in [-0.3, -0.25) is 0 Å². The van der Waals surface area contributed by atoms with E-state index in [1.54, 1.807) is 19.2 Å². The quantitative estimate of drug-likeness (QED) is 0.799. The van der Waals surface area contributed by atoms with Crippen LogP contribution in [0.1, 0.15) is 17.3 Å². The molecule has 0 aliphatic rings. The van der Waals surface area contributed by atoms with Gasteiger partial charge in [-0.2, -0.15) is 0 Å². The van der Waals surface area contributed by atoms with Crippen LogP contribution in [0.25, 0.3) is 0 Å². The Bertz CT molecular complexity index is 390. The van der Waals surface area contributed by atoms with E-state index in [1.807, 2.05) is 6.92 Å². The lowest BCUT2D eigenvalue weighted by Crippen LogP contribution is -2.05. The molecule has 0 spiro atoms. The fourth-order valence-electron chi connectivity index (χ4n) is 1.25. The summed E-state index contributed by atoms with van der Waals surface area (Å²) in [5.74, 6) is 0.657. The van der Waals surface area contributed by atoms with Crippen molar-refractivity contribution in [3.05, 3.63) is 22.2 Å². The number of rotatable bonds is 4. The normalized spacial score (nSPS) is 9.75. The van der Waals surface area contributed by atoms with Gasteiger partial charge in [0.25, 0.3) is 0 Å². The molecule has 1 aromatic carbocycles. The summed E-state index contributed by atoms with van der Waals surface area (Å²) in [6, 6.07) is 3.29. The number of carbonyl (C=O) groups excluding carboxylic acids is 1. The van der Waals surface area contributed by atoms with Gasteiger partial charge in [0.05, 0.1) is 30.9 Å². The molecule has 0 bridgehead atoms. The maximum absolute atomic E-state index is 11.4. The molecular weight excluding hydrogens is 276 g/mol. The van der Waals surface area contributed by atoms with Crippen LogP contribution < -0.4 is 9.47 Å². The van der Waals surface area contributed by atoms with Crippen molar-refractivity contribution in [2.24, 2.45) is 0 Å². The van der Waals surface area contributed by atoms with Crippen molar-refractivity contribution in [3.63, 3.8) is 0 Å². The molecule has 0 N–H and O–H groups in total. The molecule has 0 unspecified atom stereocenters. The van der Waals surface area contributed by atoms with Crippen LogP contribution in [0, 0.1) is 0 Å². The lowest BCUT2D eigenvalue weighted by Gasteiger charge is -2.13. The van der Waals surface area contributed by atoms with E-state index in [0.717, 1.165) is 0 Å². The molecule has 1 rings (SSSR count). The molecule has 1 aromatic rings. The zero-order valence-corrected chi connectivity index (χ0v) is 11.0. The molecule has 0 amide bonds. The molecule has 0 saturated carbocycles. The van der Waals surface area contributed by atoms with E-state index in [1.165, 1.54) is 7.11 Å². The van der Waals surface area contributed by atoms with Gasteiger partial charge in [-0.25, -0.2) is 4.79 Å². The Morgan fingerprint density at radius 3 is 2.56 bits per heavy atom. The summed E-state index contributed by atoms with van der Waals surface area (Å²) >= 11 is 3.31. The van der Waals surface area contributed by atoms with Gasteiger partial charge >= 0.3 is 5.97 Å². The highest BCUT2D eigenvalue weighted by atomic mass is 79.9. The summed E-state index contributed by atoms with van der Waals surface area (Å²) in [6.45, 7) is 2.34. The van der Waals surface area contributed by atoms with Gasteiger partial charge in [-0.1, -0.05) is 0 Å². The van der Waals surface area contributed by atoms with E-state index in [-0.39, 0.29) is 0 Å². The minimum atomic E-state index is -0.421. The number of hydrogen-bond acceptors (Lipinski definition) is 4.